The van der Waals surface area contributed by atoms with Crippen molar-refractivity contribution in [2.75, 3.05) is 23.3 Å². The molecule has 2 aliphatic rings. The molecule has 5 rings (SSSR count). The molecule has 2 aromatic carbocycles. The van der Waals surface area contributed by atoms with Gasteiger partial charge in [0.1, 0.15) is 11.4 Å². The molecule has 1 aliphatic heterocycles. The van der Waals surface area contributed by atoms with E-state index in [-0.39, 0.29) is 45.5 Å². The monoisotopic (exact) mass is 568 g/mol. The van der Waals surface area contributed by atoms with E-state index in [9.17, 15) is 27.9 Å². The molecular weight excluding hydrogens is 548 g/mol. The molecule has 1 atom stereocenters. The highest BCUT2D eigenvalue weighted by atomic mass is 35.5. The largest absolute Gasteiger partial charge is 0.477 e. The smallest absolute Gasteiger partial charge is 0.416 e. The van der Waals surface area contributed by atoms with Gasteiger partial charge in [0.05, 0.1) is 27.2 Å². The summed E-state index contributed by atoms with van der Waals surface area (Å²) >= 11 is 12.0. The highest BCUT2D eigenvalue weighted by molar-refractivity contribution is 7.80. The number of rotatable bonds is 5. The van der Waals surface area contributed by atoms with Crippen LogP contribution >= 0.6 is 23.8 Å². The van der Waals surface area contributed by atoms with E-state index in [2.05, 4.69) is 10.6 Å². The number of aromatic nitrogens is 1. The van der Waals surface area contributed by atoms with E-state index in [1.54, 1.807) is 9.47 Å². The Hall–Kier alpha value is -3.38. The lowest BCUT2D eigenvalue weighted by Crippen LogP contribution is -2.39. The molecule has 1 aromatic heterocycles. The topological polar surface area (TPSA) is 86.6 Å². The zero-order chi connectivity index (χ0) is 27.4. The molecule has 3 N–H and O–H groups in total. The summed E-state index contributed by atoms with van der Waals surface area (Å²) in [5.74, 6) is -2.15. The molecule has 200 valence electrons. The predicted octanol–water partition coefficient (Wildman–Crippen LogP) is 5.41. The van der Waals surface area contributed by atoms with Crippen LogP contribution in [0, 0.1) is 5.82 Å². The van der Waals surface area contributed by atoms with Crippen molar-refractivity contribution in [1.82, 2.24) is 9.88 Å². The van der Waals surface area contributed by atoms with Crippen molar-refractivity contribution in [3.63, 3.8) is 0 Å². The van der Waals surface area contributed by atoms with Gasteiger partial charge in [-0.2, -0.15) is 13.2 Å². The lowest BCUT2D eigenvalue weighted by Gasteiger charge is -2.24. The fourth-order valence-corrected chi connectivity index (χ4v) is 5.42. The third-order valence-corrected chi connectivity index (χ3v) is 7.22. The summed E-state index contributed by atoms with van der Waals surface area (Å²) in [5, 5.41) is 15.3. The van der Waals surface area contributed by atoms with Crippen LogP contribution in [0.25, 0.3) is 10.9 Å². The first kappa shape index (κ1) is 26.2. The molecule has 1 saturated heterocycles. The van der Waals surface area contributed by atoms with Crippen LogP contribution in [0.2, 0.25) is 5.02 Å². The molecule has 13 heteroatoms. The third-order valence-electron chi connectivity index (χ3n) is 6.64. The number of hydrogen-bond acceptors (Lipinski definition) is 4. The van der Waals surface area contributed by atoms with Gasteiger partial charge in [-0.1, -0.05) is 17.7 Å². The summed E-state index contributed by atoms with van der Waals surface area (Å²) in [4.78, 5) is 26.1. The SMILES string of the molecule is O=C(O)c1cn(C2CC2)c2c(Cl)c(N3CCC(NC(=S)Nc4cccc(C(F)(F)F)c4)C3)c(F)cc2c1=O. The van der Waals surface area contributed by atoms with Gasteiger partial charge in [0.2, 0.25) is 5.43 Å². The fraction of sp³-hybridized carbons (Fsp3) is 0.320. The minimum absolute atomic E-state index is 0.0197. The quantitative estimate of drug-likeness (QED) is 0.280. The van der Waals surface area contributed by atoms with Crippen molar-refractivity contribution in [3.8, 4) is 0 Å². The van der Waals surface area contributed by atoms with Crippen LogP contribution in [-0.4, -0.2) is 39.9 Å². The Kier molecular flexibility index (Phi) is 6.72. The van der Waals surface area contributed by atoms with Crippen molar-refractivity contribution in [2.45, 2.75) is 37.5 Å². The molecule has 38 heavy (non-hydrogen) atoms. The number of nitrogens with zero attached hydrogens (tertiary/aromatic N) is 2. The number of benzene rings is 2. The number of pyridine rings is 1. The Labute approximate surface area is 224 Å². The molecule has 7 nitrogen and oxygen atoms in total. The number of anilines is 2. The van der Waals surface area contributed by atoms with E-state index in [1.165, 1.54) is 18.3 Å². The summed E-state index contributed by atoms with van der Waals surface area (Å²) in [5.41, 5.74) is -1.49. The Morgan fingerprint density at radius 2 is 1.92 bits per heavy atom. The van der Waals surface area contributed by atoms with Crippen molar-refractivity contribution >= 4 is 57.2 Å². The molecule has 2 heterocycles. The van der Waals surface area contributed by atoms with E-state index in [4.69, 9.17) is 23.8 Å². The molecule has 1 saturated carbocycles. The van der Waals surface area contributed by atoms with Gasteiger partial charge in [-0.3, -0.25) is 4.79 Å². The number of thiocarbonyl (C=S) groups is 1. The minimum atomic E-state index is -4.48. The molecule has 2 fully saturated rings. The number of aromatic carboxylic acids is 1. The summed E-state index contributed by atoms with van der Waals surface area (Å²) < 4.78 is 55.9. The van der Waals surface area contributed by atoms with Crippen LogP contribution in [0.15, 0.2) is 41.3 Å². The zero-order valence-electron chi connectivity index (χ0n) is 19.6. The van der Waals surface area contributed by atoms with Crippen LogP contribution in [-0.2, 0) is 6.18 Å². The average Bonchev–Trinajstić information content (AvgIpc) is 3.58. The lowest BCUT2D eigenvalue weighted by molar-refractivity contribution is -0.137. The maximum absolute atomic E-state index is 15.3. The van der Waals surface area contributed by atoms with Crippen LogP contribution in [0.5, 0.6) is 0 Å². The standard InChI is InChI=1S/C25H21ClF4N4O3S/c26-19-20-16(22(35)17(23(36)37)11-34(20)15-4-5-15)9-18(27)21(19)33-7-6-14(10-33)32-24(38)31-13-3-1-2-12(8-13)25(28,29)30/h1-3,8-9,11,14-15H,4-7,10H2,(H,36,37)(H2,31,32,38). The Morgan fingerprint density at radius 3 is 2.58 bits per heavy atom. The van der Waals surface area contributed by atoms with E-state index in [0.717, 1.165) is 31.0 Å². The molecule has 0 radical (unpaired) electrons. The van der Waals surface area contributed by atoms with Crippen LogP contribution in [0.3, 0.4) is 0 Å². The van der Waals surface area contributed by atoms with E-state index < -0.39 is 34.5 Å². The average molecular weight is 569 g/mol. The second kappa shape index (κ2) is 9.73. The first-order valence-corrected chi connectivity index (χ1v) is 12.5. The lowest BCUT2D eigenvalue weighted by atomic mass is 10.1. The van der Waals surface area contributed by atoms with Gasteiger partial charge >= 0.3 is 12.1 Å². The maximum Gasteiger partial charge on any atom is 0.416 e. The molecule has 0 bridgehead atoms. The van der Waals surface area contributed by atoms with Gasteiger partial charge < -0.3 is 25.2 Å². The summed E-state index contributed by atoms with van der Waals surface area (Å²) in [6.07, 6.45) is -1.12. The molecule has 1 unspecified atom stereocenters. The number of carboxylic acids is 1. The number of carbonyl (C=O) groups is 1. The highest BCUT2D eigenvalue weighted by Crippen LogP contribution is 2.42. The Balaban J connectivity index is 1.37. The fourth-order valence-electron chi connectivity index (χ4n) is 4.72. The second-order valence-corrected chi connectivity index (χ2v) is 10.1. The van der Waals surface area contributed by atoms with Crippen molar-refractivity contribution < 1.29 is 27.5 Å². The van der Waals surface area contributed by atoms with Gasteiger partial charge in [-0.25, -0.2) is 9.18 Å². The summed E-state index contributed by atoms with van der Waals surface area (Å²) in [7, 11) is 0. The Morgan fingerprint density at radius 1 is 1.18 bits per heavy atom. The predicted molar refractivity (Wildman–Crippen MR) is 140 cm³/mol. The first-order chi connectivity index (χ1) is 17.9. The maximum atomic E-state index is 15.3. The van der Waals surface area contributed by atoms with Crippen molar-refractivity contribution in [1.29, 1.82) is 0 Å². The highest BCUT2D eigenvalue weighted by Gasteiger charge is 2.33. The van der Waals surface area contributed by atoms with E-state index in [1.807, 2.05) is 0 Å². The normalized spacial score (nSPS) is 17.6. The van der Waals surface area contributed by atoms with Gasteiger partial charge in [-0.05, 0) is 55.7 Å². The Bertz CT molecular complexity index is 1520. The van der Waals surface area contributed by atoms with Crippen LogP contribution in [0.4, 0.5) is 28.9 Å². The minimum Gasteiger partial charge on any atom is -0.477 e. The van der Waals surface area contributed by atoms with Gasteiger partial charge in [0, 0.05) is 37.1 Å². The third kappa shape index (κ3) is 5.02. The molecule has 3 aromatic rings. The van der Waals surface area contributed by atoms with Gasteiger partial charge in [0.15, 0.2) is 5.11 Å². The molecular formula is C25H21ClF4N4O3S. The second-order valence-electron chi connectivity index (χ2n) is 9.34. The van der Waals surface area contributed by atoms with Crippen molar-refractivity contribution in [3.05, 3.63) is 68.7 Å². The number of nitrogens with one attached hydrogen (secondary N) is 2. The molecule has 1 aliphatic carbocycles. The number of alkyl halides is 3. The number of fused-ring (bicyclic) bond motifs is 1. The van der Waals surface area contributed by atoms with E-state index >= 15 is 4.39 Å². The first-order valence-electron chi connectivity index (χ1n) is 11.7. The zero-order valence-corrected chi connectivity index (χ0v) is 21.2. The molecule has 0 spiro atoms. The summed E-state index contributed by atoms with van der Waals surface area (Å²) in [6.45, 7) is 0.681. The van der Waals surface area contributed by atoms with Crippen LogP contribution < -0.4 is 21.0 Å². The van der Waals surface area contributed by atoms with Gasteiger partial charge in [0.25, 0.3) is 0 Å². The van der Waals surface area contributed by atoms with Gasteiger partial charge in [-0.15, -0.1) is 0 Å². The summed E-state index contributed by atoms with van der Waals surface area (Å²) in [6, 6.07) is 5.40. The van der Waals surface area contributed by atoms with E-state index in [0.29, 0.717) is 18.5 Å². The molecule has 0 amide bonds. The number of hydrogen-bond donors (Lipinski definition) is 3. The van der Waals surface area contributed by atoms with Crippen molar-refractivity contribution in [2.24, 2.45) is 0 Å². The van der Waals surface area contributed by atoms with Crippen LogP contribution in [0.1, 0.15) is 41.2 Å². The number of halogens is 5. The number of carboxylic acid groups (broad SMARTS) is 1.